The van der Waals surface area contributed by atoms with Crippen LogP contribution in [-0.2, 0) is 26.6 Å². The molecule has 1 aliphatic rings. The van der Waals surface area contributed by atoms with Crippen LogP contribution in [0.2, 0.25) is 0 Å². The molecule has 5 rings (SSSR count). The van der Waals surface area contributed by atoms with Crippen molar-refractivity contribution in [1.82, 2.24) is 24.1 Å². The highest BCUT2D eigenvalue weighted by Crippen LogP contribution is 2.31. The van der Waals surface area contributed by atoms with Gasteiger partial charge in [0.05, 0.1) is 30.2 Å². The minimum atomic E-state index is -0.272. The Morgan fingerprint density at radius 2 is 2.21 bits per heavy atom. The molecule has 0 bridgehead atoms. The molecule has 8 nitrogen and oxygen atoms in total. The van der Waals surface area contributed by atoms with E-state index in [0.29, 0.717) is 35.9 Å². The van der Waals surface area contributed by atoms with Gasteiger partial charge < -0.3 is 15.2 Å². The molecular weight excluding hydrogens is 375 g/mol. The zero-order valence-electron chi connectivity index (χ0n) is 15.8. The van der Waals surface area contributed by atoms with Gasteiger partial charge in [0.15, 0.2) is 5.65 Å². The molecule has 1 aromatic carbocycles. The number of aromatic nitrogens is 5. The predicted octanol–water partition coefficient (Wildman–Crippen LogP) is 2.31. The Balaban J connectivity index is 1.54. The maximum Gasteiger partial charge on any atom is 0.208 e. The third-order valence-electron chi connectivity index (χ3n) is 5.16. The van der Waals surface area contributed by atoms with Crippen LogP contribution in [0, 0.1) is 5.82 Å². The quantitative estimate of drug-likeness (QED) is 0.540. The largest absolute Gasteiger partial charge is 0.493 e. The lowest BCUT2D eigenvalue weighted by atomic mass is 10.0. The van der Waals surface area contributed by atoms with Gasteiger partial charge in [-0.3, -0.25) is 9.08 Å². The van der Waals surface area contributed by atoms with Crippen molar-refractivity contribution in [2.75, 3.05) is 11.9 Å². The van der Waals surface area contributed by atoms with E-state index in [0.717, 1.165) is 22.6 Å². The van der Waals surface area contributed by atoms with Crippen molar-refractivity contribution in [3.05, 3.63) is 59.4 Å². The number of rotatable bonds is 5. The summed E-state index contributed by atoms with van der Waals surface area (Å²) in [4.78, 5) is 9.04. The third-order valence-corrected chi connectivity index (χ3v) is 5.16. The second-order valence-corrected chi connectivity index (χ2v) is 6.87. The number of hydrogen-bond donors (Lipinski definition) is 2. The number of imidazole rings is 1. The minimum Gasteiger partial charge on any atom is -0.493 e. The first kappa shape index (κ1) is 17.6. The molecule has 0 radical (unpaired) electrons. The van der Waals surface area contributed by atoms with E-state index in [1.807, 2.05) is 13.1 Å². The Hall–Kier alpha value is -3.46. The van der Waals surface area contributed by atoms with Crippen LogP contribution >= 0.6 is 0 Å². The van der Waals surface area contributed by atoms with Crippen molar-refractivity contribution < 1.29 is 14.2 Å². The van der Waals surface area contributed by atoms with Gasteiger partial charge in [-0.05, 0) is 18.2 Å². The van der Waals surface area contributed by atoms with Gasteiger partial charge in [-0.2, -0.15) is 5.10 Å². The molecule has 0 saturated carbocycles. The standard InChI is InChI=1S/C20H19FN6O2/c1-26-17(4-6-24-26)15-9-23-20(27-10-12(11-28)25-19(15)27)22-8-14-13-5-7-29-18(13)3-2-16(14)21/h2-4,6,9-10,28H,5,7-8,11H2,1H3,(H,22,23). The van der Waals surface area contributed by atoms with Crippen LogP contribution in [0.4, 0.5) is 10.3 Å². The van der Waals surface area contributed by atoms with Crippen molar-refractivity contribution >= 4 is 11.6 Å². The van der Waals surface area contributed by atoms with Crippen LogP contribution < -0.4 is 10.1 Å². The number of aryl methyl sites for hydroxylation is 1. The van der Waals surface area contributed by atoms with Gasteiger partial charge >= 0.3 is 0 Å². The van der Waals surface area contributed by atoms with Crippen LogP contribution in [0.25, 0.3) is 16.9 Å². The van der Waals surface area contributed by atoms with E-state index >= 15 is 0 Å². The summed E-state index contributed by atoms with van der Waals surface area (Å²) in [5.74, 6) is 0.971. The van der Waals surface area contributed by atoms with E-state index in [1.54, 1.807) is 33.7 Å². The van der Waals surface area contributed by atoms with Crippen LogP contribution in [0.15, 0.2) is 36.8 Å². The fourth-order valence-electron chi connectivity index (χ4n) is 3.73. The summed E-state index contributed by atoms with van der Waals surface area (Å²) in [5, 5.41) is 17.0. The number of aliphatic hydroxyl groups is 1. The lowest BCUT2D eigenvalue weighted by molar-refractivity contribution is 0.277. The number of nitrogens with one attached hydrogen (secondary N) is 1. The van der Waals surface area contributed by atoms with Crippen molar-refractivity contribution in [2.45, 2.75) is 19.6 Å². The fraction of sp³-hybridized carbons (Fsp3) is 0.250. The third kappa shape index (κ3) is 2.90. The number of aliphatic hydroxyl groups excluding tert-OH is 1. The summed E-state index contributed by atoms with van der Waals surface area (Å²) in [6.45, 7) is 0.636. The summed E-state index contributed by atoms with van der Waals surface area (Å²) in [5.41, 5.74) is 4.26. The number of fused-ring (bicyclic) bond motifs is 2. The first-order chi connectivity index (χ1) is 14.2. The summed E-state index contributed by atoms with van der Waals surface area (Å²) >= 11 is 0. The van der Waals surface area contributed by atoms with Gasteiger partial charge in [-0.1, -0.05) is 0 Å². The van der Waals surface area contributed by atoms with Gasteiger partial charge in [0, 0.05) is 49.7 Å². The van der Waals surface area contributed by atoms with E-state index in [1.165, 1.54) is 6.07 Å². The molecule has 0 atom stereocenters. The number of halogens is 1. The number of hydrogen-bond acceptors (Lipinski definition) is 6. The Morgan fingerprint density at radius 3 is 3.00 bits per heavy atom. The average Bonchev–Trinajstić information content (AvgIpc) is 3.46. The van der Waals surface area contributed by atoms with E-state index < -0.39 is 0 Å². The zero-order valence-corrected chi connectivity index (χ0v) is 15.8. The van der Waals surface area contributed by atoms with Crippen LogP contribution in [-0.4, -0.2) is 35.9 Å². The Kier molecular flexibility index (Phi) is 4.17. The Labute approximate surface area is 165 Å². The summed E-state index contributed by atoms with van der Waals surface area (Å²) < 4.78 is 23.5. The highest BCUT2D eigenvalue weighted by atomic mass is 19.1. The number of ether oxygens (including phenoxy) is 1. The summed E-state index contributed by atoms with van der Waals surface area (Å²) in [6.07, 6.45) is 5.82. The lowest BCUT2D eigenvalue weighted by Gasteiger charge is -2.13. The van der Waals surface area contributed by atoms with Crippen molar-refractivity contribution in [3.63, 3.8) is 0 Å². The molecule has 0 saturated heterocycles. The predicted molar refractivity (Wildman–Crippen MR) is 104 cm³/mol. The molecule has 0 fully saturated rings. The van der Waals surface area contributed by atoms with Crippen molar-refractivity contribution in [3.8, 4) is 17.0 Å². The van der Waals surface area contributed by atoms with Gasteiger partial charge in [0.1, 0.15) is 11.6 Å². The van der Waals surface area contributed by atoms with E-state index in [-0.39, 0.29) is 19.0 Å². The Bertz CT molecular complexity index is 1220. The molecule has 1 aliphatic heterocycles. The zero-order chi connectivity index (χ0) is 20.0. The van der Waals surface area contributed by atoms with Crippen LogP contribution in [0.5, 0.6) is 5.75 Å². The second-order valence-electron chi connectivity index (χ2n) is 6.87. The molecule has 9 heteroatoms. The molecule has 2 N–H and O–H groups in total. The van der Waals surface area contributed by atoms with Gasteiger partial charge in [-0.15, -0.1) is 0 Å². The highest BCUT2D eigenvalue weighted by Gasteiger charge is 2.20. The first-order valence-corrected chi connectivity index (χ1v) is 9.29. The van der Waals surface area contributed by atoms with Crippen LogP contribution in [0.3, 0.4) is 0 Å². The van der Waals surface area contributed by atoms with Gasteiger partial charge in [-0.25, -0.2) is 14.4 Å². The highest BCUT2D eigenvalue weighted by molar-refractivity contribution is 5.76. The SMILES string of the molecule is Cn1nccc1-c1cnc(NCc2c(F)ccc3c2CCO3)n2cc(CO)nc12. The number of nitrogens with zero attached hydrogens (tertiary/aromatic N) is 5. The fourth-order valence-corrected chi connectivity index (χ4v) is 3.73. The molecule has 0 amide bonds. The summed E-state index contributed by atoms with van der Waals surface area (Å²) in [7, 11) is 1.84. The molecule has 0 aliphatic carbocycles. The van der Waals surface area contributed by atoms with E-state index in [2.05, 4.69) is 20.4 Å². The molecular formula is C20H19FN6O2. The number of anilines is 1. The topological polar surface area (TPSA) is 89.5 Å². The van der Waals surface area contributed by atoms with Crippen molar-refractivity contribution in [2.24, 2.45) is 7.05 Å². The van der Waals surface area contributed by atoms with Gasteiger partial charge in [0.25, 0.3) is 0 Å². The molecule has 0 spiro atoms. The second kappa shape index (κ2) is 6.85. The molecule has 4 aromatic rings. The smallest absolute Gasteiger partial charge is 0.208 e. The summed E-state index contributed by atoms with van der Waals surface area (Å²) in [6, 6.07) is 4.97. The molecule has 4 heterocycles. The van der Waals surface area contributed by atoms with Crippen LogP contribution in [0.1, 0.15) is 16.8 Å². The van der Waals surface area contributed by atoms with Gasteiger partial charge in [0.2, 0.25) is 5.95 Å². The molecule has 3 aromatic heterocycles. The maximum atomic E-state index is 14.4. The minimum absolute atomic E-state index is 0.190. The maximum absolute atomic E-state index is 14.4. The average molecular weight is 394 g/mol. The number of benzene rings is 1. The molecule has 148 valence electrons. The first-order valence-electron chi connectivity index (χ1n) is 9.29. The monoisotopic (exact) mass is 394 g/mol. The lowest BCUT2D eigenvalue weighted by Crippen LogP contribution is -2.10. The van der Waals surface area contributed by atoms with E-state index in [4.69, 9.17) is 4.74 Å². The molecule has 0 unspecified atom stereocenters. The normalized spacial score (nSPS) is 12.9. The Morgan fingerprint density at radius 1 is 1.31 bits per heavy atom. The molecule has 29 heavy (non-hydrogen) atoms. The van der Waals surface area contributed by atoms with Crippen molar-refractivity contribution in [1.29, 1.82) is 0 Å². The van der Waals surface area contributed by atoms with E-state index in [9.17, 15) is 9.50 Å².